The van der Waals surface area contributed by atoms with Gasteiger partial charge in [-0.2, -0.15) is 5.10 Å². The molecule has 0 radical (unpaired) electrons. The van der Waals surface area contributed by atoms with E-state index < -0.39 is 4.92 Å². The number of nitro benzene ring substituents is 1. The monoisotopic (exact) mass is 282 g/mol. The van der Waals surface area contributed by atoms with Crippen molar-refractivity contribution < 1.29 is 4.92 Å². The van der Waals surface area contributed by atoms with Gasteiger partial charge in [-0.25, -0.2) is 4.68 Å². The van der Waals surface area contributed by atoms with E-state index in [1.165, 1.54) is 10.7 Å². The Bertz CT molecular complexity index is 552. The molecule has 0 aliphatic carbocycles. The highest BCUT2D eigenvalue weighted by atomic mass is 79.9. The average Bonchev–Trinajstić information content (AvgIpc) is 2.63. The third-order valence-corrected chi connectivity index (χ3v) is 2.44. The van der Waals surface area contributed by atoms with Crippen LogP contribution in [0.25, 0.3) is 5.69 Å². The number of aromatic nitrogens is 2. The van der Waals surface area contributed by atoms with Crippen molar-refractivity contribution in [2.75, 3.05) is 5.73 Å². The second kappa shape index (κ2) is 3.93. The number of halogens is 1. The van der Waals surface area contributed by atoms with Crippen LogP contribution in [0.15, 0.2) is 35.1 Å². The van der Waals surface area contributed by atoms with E-state index in [-0.39, 0.29) is 11.4 Å². The molecule has 0 saturated heterocycles. The second-order valence-electron chi connectivity index (χ2n) is 3.08. The van der Waals surface area contributed by atoms with Gasteiger partial charge in [-0.15, -0.1) is 0 Å². The van der Waals surface area contributed by atoms with Crippen molar-refractivity contribution in [2.45, 2.75) is 0 Å². The summed E-state index contributed by atoms with van der Waals surface area (Å²) < 4.78 is 2.14. The first kappa shape index (κ1) is 10.6. The van der Waals surface area contributed by atoms with Crippen LogP contribution in [0.5, 0.6) is 0 Å². The van der Waals surface area contributed by atoms with E-state index in [2.05, 4.69) is 21.0 Å². The smallest absolute Gasteiger partial charge is 0.317 e. The summed E-state index contributed by atoms with van der Waals surface area (Å²) in [7, 11) is 0. The first-order valence-electron chi connectivity index (χ1n) is 4.33. The number of rotatable bonds is 2. The SMILES string of the molecule is Nc1cccc(-n2cc(Br)cn2)c1[N+](=O)[O-]. The molecule has 0 bridgehead atoms. The molecule has 0 spiro atoms. The predicted molar refractivity (Wildman–Crippen MR) is 62.3 cm³/mol. The molecule has 2 rings (SSSR count). The van der Waals surface area contributed by atoms with Gasteiger partial charge in [-0.3, -0.25) is 10.1 Å². The number of nitro groups is 1. The topological polar surface area (TPSA) is 87.0 Å². The average molecular weight is 283 g/mol. The highest BCUT2D eigenvalue weighted by Crippen LogP contribution is 2.29. The van der Waals surface area contributed by atoms with Crippen molar-refractivity contribution in [2.24, 2.45) is 0 Å². The molecule has 2 N–H and O–H groups in total. The highest BCUT2D eigenvalue weighted by molar-refractivity contribution is 9.10. The van der Waals surface area contributed by atoms with Gasteiger partial charge in [0.2, 0.25) is 0 Å². The Hall–Kier alpha value is -1.89. The van der Waals surface area contributed by atoms with Crippen molar-refractivity contribution in [3.63, 3.8) is 0 Å². The van der Waals surface area contributed by atoms with E-state index in [1.54, 1.807) is 24.5 Å². The minimum atomic E-state index is -0.514. The highest BCUT2D eigenvalue weighted by Gasteiger charge is 2.19. The molecular weight excluding hydrogens is 276 g/mol. The molecule has 1 aromatic carbocycles. The molecule has 0 atom stereocenters. The molecule has 0 aliphatic heterocycles. The van der Waals surface area contributed by atoms with Crippen molar-refractivity contribution in [1.82, 2.24) is 9.78 Å². The zero-order valence-electron chi connectivity index (χ0n) is 8.00. The molecule has 7 heteroatoms. The van der Waals surface area contributed by atoms with Crippen molar-refractivity contribution in [1.29, 1.82) is 0 Å². The van der Waals surface area contributed by atoms with E-state index in [1.807, 2.05) is 0 Å². The molecule has 16 heavy (non-hydrogen) atoms. The van der Waals surface area contributed by atoms with Gasteiger partial charge in [-0.05, 0) is 28.1 Å². The van der Waals surface area contributed by atoms with Gasteiger partial charge in [0.1, 0.15) is 11.4 Å². The lowest BCUT2D eigenvalue weighted by Crippen LogP contribution is -2.03. The maximum Gasteiger partial charge on any atom is 0.317 e. The fourth-order valence-electron chi connectivity index (χ4n) is 1.37. The van der Waals surface area contributed by atoms with Gasteiger partial charge in [0.25, 0.3) is 0 Å². The Morgan fingerprint density at radius 2 is 2.25 bits per heavy atom. The minimum absolute atomic E-state index is 0.120. The van der Waals surface area contributed by atoms with Crippen LogP contribution < -0.4 is 5.73 Å². The van der Waals surface area contributed by atoms with Crippen LogP contribution in [-0.4, -0.2) is 14.7 Å². The Kier molecular flexibility index (Phi) is 2.61. The van der Waals surface area contributed by atoms with Gasteiger partial charge < -0.3 is 5.73 Å². The molecule has 82 valence electrons. The lowest BCUT2D eigenvalue weighted by molar-refractivity contribution is -0.383. The number of nitrogens with zero attached hydrogens (tertiary/aromatic N) is 3. The molecule has 1 aromatic heterocycles. The lowest BCUT2D eigenvalue weighted by Gasteiger charge is -2.04. The van der Waals surface area contributed by atoms with Crippen LogP contribution >= 0.6 is 15.9 Å². The van der Waals surface area contributed by atoms with Gasteiger partial charge in [0.05, 0.1) is 15.6 Å². The fraction of sp³-hybridized carbons (Fsp3) is 0. The lowest BCUT2D eigenvalue weighted by atomic mass is 10.2. The van der Waals surface area contributed by atoms with E-state index in [4.69, 9.17) is 5.73 Å². The maximum atomic E-state index is 10.9. The van der Waals surface area contributed by atoms with Crippen molar-refractivity contribution >= 4 is 27.3 Å². The summed E-state index contributed by atoms with van der Waals surface area (Å²) in [6.45, 7) is 0. The van der Waals surface area contributed by atoms with Gasteiger partial charge in [0, 0.05) is 6.20 Å². The predicted octanol–water partition coefficient (Wildman–Crippen LogP) is 2.13. The first-order valence-corrected chi connectivity index (χ1v) is 5.12. The normalized spacial score (nSPS) is 10.3. The number of hydrogen-bond donors (Lipinski definition) is 1. The van der Waals surface area contributed by atoms with Crippen LogP contribution in [-0.2, 0) is 0 Å². The largest absolute Gasteiger partial charge is 0.393 e. The van der Waals surface area contributed by atoms with Crippen LogP contribution in [0, 0.1) is 10.1 Å². The van der Waals surface area contributed by atoms with Crippen LogP contribution in [0.4, 0.5) is 11.4 Å². The number of nitrogen functional groups attached to an aromatic ring is 1. The van der Waals surface area contributed by atoms with Crippen LogP contribution in [0.3, 0.4) is 0 Å². The molecule has 0 fully saturated rings. The summed E-state index contributed by atoms with van der Waals surface area (Å²) in [6, 6.07) is 4.72. The third-order valence-electron chi connectivity index (χ3n) is 2.03. The Morgan fingerprint density at radius 3 is 2.81 bits per heavy atom. The van der Waals surface area contributed by atoms with Gasteiger partial charge in [0.15, 0.2) is 0 Å². The summed E-state index contributed by atoms with van der Waals surface area (Å²) in [5, 5.41) is 14.9. The van der Waals surface area contributed by atoms with Crippen LogP contribution in [0.1, 0.15) is 0 Å². The minimum Gasteiger partial charge on any atom is -0.393 e. The van der Waals surface area contributed by atoms with Gasteiger partial charge in [-0.1, -0.05) is 6.07 Å². The number of nitrogens with two attached hydrogens (primary N) is 1. The van der Waals surface area contributed by atoms with Crippen molar-refractivity contribution in [3.8, 4) is 5.69 Å². The fourth-order valence-corrected chi connectivity index (χ4v) is 1.65. The number of hydrogen-bond acceptors (Lipinski definition) is 4. The Balaban J connectivity index is 2.65. The first-order chi connectivity index (χ1) is 7.59. The molecule has 2 aromatic rings. The summed E-state index contributed by atoms with van der Waals surface area (Å²) in [5.41, 5.74) is 5.89. The number of para-hydroxylation sites is 1. The Morgan fingerprint density at radius 1 is 1.50 bits per heavy atom. The molecule has 0 saturated carbocycles. The van der Waals surface area contributed by atoms with E-state index >= 15 is 0 Å². The summed E-state index contributed by atoms with van der Waals surface area (Å²) in [4.78, 5) is 10.4. The number of anilines is 1. The van der Waals surface area contributed by atoms with E-state index in [9.17, 15) is 10.1 Å². The van der Waals surface area contributed by atoms with Crippen molar-refractivity contribution in [3.05, 3.63) is 45.2 Å². The molecule has 6 nitrogen and oxygen atoms in total. The molecule has 0 amide bonds. The number of benzene rings is 1. The molecule has 0 unspecified atom stereocenters. The standard InChI is InChI=1S/C9H7BrN4O2/c10-6-4-12-13(5-6)8-3-1-2-7(11)9(8)14(15)16/h1-5H,11H2. The quantitative estimate of drug-likeness (QED) is 0.519. The Labute approximate surface area is 99.0 Å². The molecular formula is C9H7BrN4O2. The third kappa shape index (κ3) is 1.76. The van der Waals surface area contributed by atoms with Gasteiger partial charge >= 0.3 is 5.69 Å². The van der Waals surface area contributed by atoms with Crippen LogP contribution in [0.2, 0.25) is 0 Å². The molecule has 1 heterocycles. The zero-order chi connectivity index (χ0) is 11.7. The summed E-state index contributed by atoms with van der Waals surface area (Å²) in [5.74, 6) is 0. The second-order valence-corrected chi connectivity index (χ2v) is 3.99. The summed E-state index contributed by atoms with van der Waals surface area (Å²) in [6.07, 6.45) is 3.18. The molecule has 0 aliphatic rings. The van der Waals surface area contributed by atoms with E-state index in [0.717, 1.165) is 4.47 Å². The zero-order valence-corrected chi connectivity index (χ0v) is 9.59. The van der Waals surface area contributed by atoms with E-state index in [0.29, 0.717) is 5.69 Å². The summed E-state index contributed by atoms with van der Waals surface area (Å²) >= 11 is 3.23. The maximum absolute atomic E-state index is 10.9.